The first kappa shape index (κ1) is 17.3. The van der Waals surface area contributed by atoms with Gasteiger partial charge in [0, 0.05) is 18.0 Å². The van der Waals surface area contributed by atoms with E-state index < -0.39 is 15.6 Å². The van der Waals surface area contributed by atoms with Crippen molar-refractivity contribution >= 4 is 32.4 Å². The highest BCUT2D eigenvalue weighted by Gasteiger charge is 2.35. The van der Waals surface area contributed by atoms with E-state index in [4.69, 9.17) is 16.3 Å². The lowest BCUT2D eigenvalue weighted by molar-refractivity contribution is 0.0722. The summed E-state index contributed by atoms with van der Waals surface area (Å²) in [5.41, 5.74) is -0.488. The Morgan fingerprint density at radius 1 is 1.29 bits per heavy atom. The van der Waals surface area contributed by atoms with Crippen LogP contribution in [0.25, 0.3) is 10.8 Å². The summed E-state index contributed by atoms with van der Waals surface area (Å²) >= 11 is 5.98. The second-order valence-corrected chi connectivity index (χ2v) is 8.78. The van der Waals surface area contributed by atoms with Gasteiger partial charge in [0.1, 0.15) is 11.3 Å². The fourth-order valence-corrected chi connectivity index (χ4v) is 3.60. The molecule has 0 radical (unpaired) electrons. The van der Waals surface area contributed by atoms with Crippen molar-refractivity contribution in [3.8, 4) is 5.88 Å². The molecule has 0 bridgehead atoms. The minimum absolute atomic E-state index is 0.265. The maximum atomic E-state index is 11.4. The van der Waals surface area contributed by atoms with Crippen molar-refractivity contribution in [2.45, 2.75) is 25.6 Å². The smallest absolute Gasteiger partial charge is 0.223 e. The number of ether oxygens (including phenoxy) is 1. The highest BCUT2D eigenvalue weighted by molar-refractivity contribution is 7.88. The first-order valence-corrected chi connectivity index (χ1v) is 9.57. The molecule has 1 aliphatic rings. The van der Waals surface area contributed by atoms with E-state index in [9.17, 15) is 13.5 Å². The summed E-state index contributed by atoms with van der Waals surface area (Å²) in [7, 11) is -3.20. The molecule has 9 heteroatoms. The van der Waals surface area contributed by atoms with Crippen molar-refractivity contribution in [2.24, 2.45) is 0 Å². The van der Waals surface area contributed by atoms with Gasteiger partial charge in [-0.25, -0.2) is 18.4 Å². The van der Waals surface area contributed by atoms with Crippen LogP contribution in [0.1, 0.15) is 19.4 Å². The molecule has 2 aromatic heterocycles. The maximum Gasteiger partial charge on any atom is 0.223 e. The number of aliphatic hydroxyl groups is 1. The number of hydrogen-bond donors (Lipinski definition) is 1. The lowest BCUT2D eigenvalue weighted by Crippen LogP contribution is -2.55. The van der Waals surface area contributed by atoms with Crippen LogP contribution in [0.5, 0.6) is 5.88 Å². The van der Waals surface area contributed by atoms with Gasteiger partial charge in [-0.3, -0.25) is 0 Å². The lowest BCUT2D eigenvalue weighted by Gasteiger charge is -2.36. The van der Waals surface area contributed by atoms with Crippen LogP contribution in [-0.2, 0) is 15.6 Å². The number of halogens is 1. The predicted molar refractivity (Wildman–Crippen MR) is 90.6 cm³/mol. The molecule has 2 aromatic rings. The van der Waals surface area contributed by atoms with Crippen LogP contribution in [0.15, 0.2) is 18.5 Å². The SMILES string of the molecule is CC(C)(O)c1cnc(OC2CN(S(C)(=O)=O)C2)c2cnc(Cl)cc12. The van der Waals surface area contributed by atoms with Gasteiger partial charge >= 0.3 is 0 Å². The van der Waals surface area contributed by atoms with E-state index in [1.807, 2.05) is 0 Å². The molecule has 0 atom stereocenters. The monoisotopic (exact) mass is 371 g/mol. The van der Waals surface area contributed by atoms with Crippen molar-refractivity contribution in [2.75, 3.05) is 19.3 Å². The molecule has 1 aliphatic heterocycles. The van der Waals surface area contributed by atoms with Crippen molar-refractivity contribution in [1.29, 1.82) is 0 Å². The van der Waals surface area contributed by atoms with Gasteiger partial charge in [0.15, 0.2) is 0 Å². The topological polar surface area (TPSA) is 92.6 Å². The molecule has 0 unspecified atom stereocenters. The number of sulfonamides is 1. The average Bonchev–Trinajstić information content (AvgIpc) is 2.38. The Balaban J connectivity index is 1.93. The number of pyridine rings is 2. The fraction of sp³-hybridized carbons (Fsp3) is 0.467. The molecule has 24 heavy (non-hydrogen) atoms. The van der Waals surface area contributed by atoms with E-state index in [2.05, 4.69) is 9.97 Å². The van der Waals surface area contributed by atoms with Gasteiger partial charge in [0.05, 0.1) is 30.3 Å². The number of rotatable bonds is 4. The third kappa shape index (κ3) is 3.32. The van der Waals surface area contributed by atoms with Crippen molar-refractivity contribution in [1.82, 2.24) is 14.3 Å². The minimum atomic E-state index is -3.20. The van der Waals surface area contributed by atoms with Gasteiger partial charge in [-0.15, -0.1) is 0 Å². The summed E-state index contributed by atoms with van der Waals surface area (Å²) in [6.45, 7) is 3.90. The highest BCUT2D eigenvalue weighted by Crippen LogP contribution is 2.34. The third-order valence-corrected chi connectivity index (χ3v) is 5.37. The van der Waals surface area contributed by atoms with Crippen LogP contribution in [0.3, 0.4) is 0 Å². The normalized spacial score (nSPS) is 17.0. The van der Waals surface area contributed by atoms with E-state index in [0.29, 0.717) is 27.4 Å². The Morgan fingerprint density at radius 3 is 2.54 bits per heavy atom. The Morgan fingerprint density at radius 2 is 1.96 bits per heavy atom. The molecule has 0 aliphatic carbocycles. The van der Waals surface area contributed by atoms with E-state index >= 15 is 0 Å². The first-order valence-electron chi connectivity index (χ1n) is 7.34. The molecule has 1 saturated heterocycles. The van der Waals surface area contributed by atoms with Crippen molar-refractivity contribution in [3.05, 3.63) is 29.2 Å². The number of nitrogens with zero attached hydrogens (tertiary/aromatic N) is 3. The van der Waals surface area contributed by atoms with Crippen LogP contribution >= 0.6 is 11.6 Å². The number of hydrogen-bond acceptors (Lipinski definition) is 6. The van der Waals surface area contributed by atoms with E-state index in [1.165, 1.54) is 10.6 Å². The van der Waals surface area contributed by atoms with Gasteiger partial charge in [-0.1, -0.05) is 11.6 Å². The summed E-state index contributed by atoms with van der Waals surface area (Å²) < 4.78 is 30.0. The van der Waals surface area contributed by atoms with Gasteiger partial charge in [-0.2, -0.15) is 4.31 Å². The molecule has 7 nitrogen and oxygen atoms in total. The predicted octanol–water partition coefficient (Wildman–Crippen LogP) is 1.53. The molecule has 1 N–H and O–H groups in total. The Bertz CT molecular complexity index is 889. The van der Waals surface area contributed by atoms with Gasteiger partial charge < -0.3 is 9.84 Å². The fourth-order valence-electron chi connectivity index (χ4n) is 2.57. The lowest BCUT2D eigenvalue weighted by atomic mass is 9.95. The zero-order valence-corrected chi connectivity index (χ0v) is 15.1. The molecule has 0 aromatic carbocycles. The molecular formula is C15H18ClN3O4S. The number of aromatic nitrogens is 2. The van der Waals surface area contributed by atoms with Crippen molar-refractivity contribution < 1.29 is 18.3 Å². The van der Waals surface area contributed by atoms with E-state index in [1.54, 1.807) is 32.3 Å². The highest BCUT2D eigenvalue weighted by atomic mass is 35.5. The average molecular weight is 372 g/mol. The van der Waals surface area contributed by atoms with Gasteiger partial charge in [0.2, 0.25) is 15.9 Å². The summed E-state index contributed by atoms with van der Waals surface area (Å²) in [6.07, 6.45) is 3.99. The van der Waals surface area contributed by atoms with Crippen LogP contribution in [-0.4, -0.2) is 53.2 Å². The van der Waals surface area contributed by atoms with Crippen molar-refractivity contribution in [3.63, 3.8) is 0 Å². The second kappa shape index (κ2) is 5.80. The van der Waals surface area contributed by atoms with E-state index in [0.717, 1.165) is 0 Å². The molecule has 0 amide bonds. The van der Waals surface area contributed by atoms with Crippen LogP contribution in [0, 0.1) is 0 Å². The number of fused-ring (bicyclic) bond motifs is 1. The Kier molecular flexibility index (Phi) is 4.19. The summed E-state index contributed by atoms with van der Waals surface area (Å²) in [4.78, 5) is 8.33. The summed E-state index contributed by atoms with van der Waals surface area (Å²) in [5.74, 6) is 0.348. The van der Waals surface area contributed by atoms with Crippen LogP contribution in [0.2, 0.25) is 5.15 Å². The first-order chi connectivity index (χ1) is 11.1. The summed E-state index contributed by atoms with van der Waals surface area (Å²) in [6, 6.07) is 1.66. The molecule has 3 heterocycles. The minimum Gasteiger partial charge on any atom is -0.471 e. The second-order valence-electron chi connectivity index (χ2n) is 6.41. The molecule has 0 saturated carbocycles. The van der Waals surface area contributed by atoms with Gasteiger partial charge in [-0.05, 0) is 25.3 Å². The zero-order valence-electron chi connectivity index (χ0n) is 13.5. The standard InChI is InChI=1S/C15H18ClN3O4S/c1-15(2,20)12-6-18-14(11-5-17-13(16)4-10(11)12)23-9-7-19(8-9)24(3,21)22/h4-6,9,20H,7-8H2,1-3H3. The molecule has 1 fully saturated rings. The van der Waals surface area contributed by atoms with Crippen LogP contribution in [0.4, 0.5) is 0 Å². The summed E-state index contributed by atoms with van der Waals surface area (Å²) in [5, 5.41) is 11.9. The molecular weight excluding hydrogens is 354 g/mol. The van der Waals surface area contributed by atoms with E-state index in [-0.39, 0.29) is 19.2 Å². The molecule has 0 spiro atoms. The van der Waals surface area contributed by atoms with Gasteiger partial charge in [0.25, 0.3) is 0 Å². The third-order valence-electron chi connectivity index (χ3n) is 3.92. The molecule has 3 rings (SSSR count). The molecule has 130 valence electrons. The Hall–Kier alpha value is -1.48. The maximum absolute atomic E-state index is 11.4. The largest absolute Gasteiger partial charge is 0.471 e. The zero-order chi connectivity index (χ0) is 17.7. The van der Waals surface area contributed by atoms with Crippen LogP contribution < -0.4 is 4.74 Å². The Labute approximate surface area is 145 Å². The quantitative estimate of drug-likeness (QED) is 0.819.